The minimum atomic E-state index is -0.794. The third kappa shape index (κ3) is 2.15. The molecule has 1 aromatic rings. The Morgan fingerprint density at radius 2 is 2.47 bits per heavy atom. The van der Waals surface area contributed by atoms with Crippen molar-refractivity contribution in [2.45, 2.75) is 38.2 Å². The van der Waals surface area contributed by atoms with Crippen LogP contribution in [-0.4, -0.2) is 5.11 Å². The molecule has 0 spiro atoms. The van der Waals surface area contributed by atoms with E-state index in [2.05, 4.69) is 13.0 Å². The number of allylic oxidation sites excluding steroid dienone is 1. The lowest BCUT2D eigenvalue weighted by atomic mass is 9.80. The SMILES string of the molecule is CCCC1C=CC(O)(c2ccoc2)CC1. The monoisotopic (exact) mass is 206 g/mol. The van der Waals surface area contributed by atoms with Crippen LogP contribution in [0.1, 0.15) is 38.2 Å². The van der Waals surface area contributed by atoms with E-state index in [9.17, 15) is 5.11 Å². The molecule has 2 rings (SSSR count). The van der Waals surface area contributed by atoms with Gasteiger partial charge in [-0.2, -0.15) is 0 Å². The fraction of sp³-hybridized carbons (Fsp3) is 0.538. The zero-order valence-corrected chi connectivity index (χ0v) is 9.15. The Hall–Kier alpha value is -1.02. The van der Waals surface area contributed by atoms with Gasteiger partial charge in [0.1, 0.15) is 5.60 Å². The molecule has 1 aliphatic carbocycles. The van der Waals surface area contributed by atoms with Crippen molar-refractivity contribution in [2.75, 3.05) is 0 Å². The predicted octanol–water partition coefficient (Wildman–Crippen LogP) is 3.23. The lowest BCUT2D eigenvalue weighted by Gasteiger charge is -2.30. The predicted molar refractivity (Wildman–Crippen MR) is 59.4 cm³/mol. The third-order valence-corrected chi connectivity index (χ3v) is 3.22. The zero-order valence-electron chi connectivity index (χ0n) is 9.15. The smallest absolute Gasteiger partial charge is 0.111 e. The van der Waals surface area contributed by atoms with Gasteiger partial charge in [-0.3, -0.25) is 0 Å². The van der Waals surface area contributed by atoms with Crippen LogP contribution in [0.25, 0.3) is 0 Å². The summed E-state index contributed by atoms with van der Waals surface area (Å²) in [5, 5.41) is 10.4. The van der Waals surface area contributed by atoms with E-state index < -0.39 is 5.60 Å². The summed E-state index contributed by atoms with van der Waals surface area (Å²) in [6, 6.07) is 1.84. The summed E-state index contributed by atoms with van der Waals surface area (Å²) < 4.78 is 5.01. The summed E-state index contributed by atoms with van der Waals surface area (Å²) in [6.07, 6.45) is 11.6. The van der Waals surface area contributed by atoms with Gasteiger partial charge in [0, 0.05) is 5.56 Å². The van der Waals surface area contributed by atoms with E-state index >= 15 is 0 Å². The highest BCUT2D eigenvalue weighted by Crippen LogP contribution is 2.35. The Bertz CT molecular complexity index is 326. The topological polar surface area (TPSA) is 33.4 Å². The summed E-state index contributed by atoms with van der Waals surface area (Å²) in [5.41, 5.74) is 0.0748. The van der Waals surface area contributed by atoms with E-state index in [1.165, 1.54) is 12.8 Å². The zero-order chi connectivity index (χ0) is 10.7. The molecule has 2 heteroatoms. The molecule has 1 aliphatic rings. The van der Waals surface area contributed by atoms with Gasteiger partial charge in [0.2, 0.25) is 0 Å². The second kappa shape index (κ2) is 4.23. The quantitative estimate of drug-likeness (QED) is 0.770. The molecule has 0 radical (unpaired) electrons. The molecule has 2 unspecified atom stereocenters. The van der Waals surface area contributed by atoms with Crippen LogP contribution in [0, 0.1) is 5.92 Å². The van der Waals surface area contributed by atoms with Crippen LogP contribution in [0.4, 0.5) is 0 Å². The molecule has 0 bridgehead atoms. The van der Waals surface area contributed by atoms with Gasteiger partial charge in [-0.15, -0.1) is 0 Å². The molecule has 0 aromatic carbocycles. The van der Waals surface area contributed by atoms with Crippen LogP contribution in [0.15, 0.2) is 35.2 Å². The fourth-order valence-electron chi connectivity index (χ4n) is 2.24. The lowest BCUT2D eigenvalue weighted by Crippen LogP contribution is -2.26. The first-order valence-electron chi connectivity index (χ1n) is 5.69. The van der Waals surface area contributed by atoms with Gasteiger partial charge >= 0.3 is 0 Å². The van der Waals surface area contributed by atoms with Gasteiger partial charge in [0.15, 0.2) is 0 Å². The van der Waals surface area contributed by atoms with Crippen molar-refractivity contribution in [3.63, 3.8) is 0 Å². The molecule has 0 aliphatic heterocycles. The molecule has 0 saturated carbocycles. The molecule has 82 valence electrons. The number of furan rings is 1. The van der Waals surface area contributed by atoms with E-state index in [-0.39, 0.29) is 0 Å². The fourth-order valence-corrected chi connectivity index (χ4v) is 2.24. The van der Waals surface area contributed by atoms with Crippen molar-refractivity contribution in [1.82, 2.24) is 0 Å². The molecule has 15 heavy (non-hydrogen) atoms. The highest BCUT2D eigenvalue weighted by Gasteiger charge is 2.30. The number of hydrogen-bond donors (Lipinski definition) is 1. The maximum absolute atomic E-state index is 10.4. The van der Waals surface area contributed by atoms with Crippen molar-refractivity contribution in [3.05, 3.63) is 36.3 Å². The Labute approximate surface area is 90.6 Å². The third-order valence-electron chi connectivity index (χ3n) is 3.22. The molecular formula is C13H18O2. The summed E-state index contributed by atoms with van der Waals surface area (Å²) in [5.74, 6) is 0.641. The maximum Gasteiger partial charge on any atom is 0.111 e. The molecule has 2 nitrogen and oxygen atoms in total. The van der Waals surface area contributed by atoms with E-state index in [0.717, 1.165) is 18.4 Å². The van der Waals surface area contributed by atoms with E-state index in [1.54, 1.807) is 12.5 Å². The number of rotatable bonds is 3. The second-order valence-electron chi connectivity index (χ2n) is 4.38. The molecule has 0 saturated heterocycles. The van der Waals surface area contributed by atoms with Gasteiger partial charge in [-0.1, -0.05) is 25.5 Å². The Kier molecular flexibility index (Phi) is 2.96. The molecule has 0 amide bonds. The summed E-state index contributed by atoms with van der Waals surface area (Å²) in [7, 11) is 0. The van der Waals surface area contributed by atoms with Crippen molar-refractivity contribution in [1.29, 1.82) is 0 Å². The molecular weight excluding hydrogens is 188 g/mol. The van der Waals surface area contributed by atoms with E-state index in [1.807, 2.05) is 12.1 Å². The van der Waals surface area contributed by atoms with Crippen LogP contribution >= 0.6 is 0 Å². The van der Waals surface area contributed by atoms with Crippen molar-refractivity contribution in [2.24, 2.45) is 5.92 Å². The van der Waals surface area contributed by atoms with Gasteiger partial charge in [-0.25, -0.2) is 0 Å². The largest absolute Gasteiger partial charge is 0.472 e. The van der Waals surface area contributed by atoms with E-state index in [4.69, 9.17) is 4.42 Å². The summed E-state index contributed by atoms with van der Waals surface area (Å²) in [4.78, 5) is 0. The second-order valence-corrected chi connectivity index (χ2v) is 4.38. The first-order valence-corrected chi connectivity index (χ1v) is 5.69. The van der Waals surface area contributed by atoms with Crippen LogP contribution in [0.5, 0.6) is 0 Å². The first-order chi connectivity index (χ1) is 7.24. The first kappa shape index (κ1) is 10.5. The molecule has 1 aromatic heterocycles. The lowest BCUT2D eigenvalue weighted by molar-refractivity contribution is 0.0650. The van der Waals surface area contributed by atoms with Gasteiger partial charge < -0.3 is 9.52 Å². The standard InChI is InChI=1S/C13H18O2/c1-2-3-11-4-7-13(14,8-5-11)12-6-9-15-10-12/h4,6-7,9-11,14H,2-3,5,8H2,1H3. The average molecular weight is 206 g/mol. The van der Waals surface area contributed by atoms with Gasteiger partial charge in [0.25, 0.3) is 0 Å². The van der Waals surface area contributed by atoms with Gasteiger partial charge in [0.05, 0.1) is 12.5 Å². The molecule has 0 fully saturated rings. The summed E-state index contributed by atoms with van der Waals surface area (Å²) >= 11 is 0. The highest BCUT2D eigenvalue weighted by molar-refractivity contribution is 5.25. The van der Waals surface area contributed by atoms with Crippen LogP contribution in [0.3, 0.4) is 0 Å². The minimum absolute atomic E-state index is 0.641. The van der Waals surface area contributed by atoms with E-state index in [0.29, 0.717) is 5.92 Å². The number of hydrogen-bond acceptors (Lipinski definition) is 2. The number of aliphatic hydroxyl groups is 1. The molecule has 1 N–H and O–H groups in total. The average Bonchev–Trinajstić information content (AvgIpc) is 2.76. The van der Waals surface area contributed by atoms with Crippen LogP contribution in [-0.2, 0) is 5.60 Å². The Morgan fingerprint density at radius 1 is 1.60 bits per heavy atom. The maximum atomic E-state index is 10.4. The van der Waals surface area contributed by atoms with Crippen molar-refractivity contribution in [3.8, 4) is 0 Å². The highest BCUT2D eigenvalue weighted by atomic mass is 16.3. The van der Waals surface area contributed by atoms with Crippen molar-refractivity contribution < 1.29 is 9.52 Å². The minimum Gasteiger partial charge on any atom is -0.472 e. The normalized spacial score (nSPS) is 30.7. The van der Waals surface area contributed by atoms with Crippen molar-refractivity contribution >= 4 is 0 Å². The van der Waals surface area contributed by atoms with Crippen LogP contribution < -0.4 is 0 Å². The Balaban J connectivity index is 2.10. The summed E-state index contributed by atoms with van der Waals surface area (Å²) in [6.45, 7) is 2.20. The molecule has 2 atom stereocenters. The molecule has 1 heterocycles. The Morgan fingerprint density at radius 3 is 3.00 bits per heavy atom. The van der Waals surface area contributed by atoms with Gasteiger partial charge in [-0.05, 0) is 31.2 Å². The van der Waals surface area contributed by atoms with Crippen LogP contribution in [0.2, 0.25) is 0 Å².